The van der Waals surface area contributed by atoms with Gasteiger partial charge in [-0.25, -0.2) is 4.68 Å². The average molecular weight is 475 g/mol. The smallest absolute Gasteiger partial charge is 0.252 e. The summed E-state index contributed by atoms with van der Waals surface area (Å²) in [7, 11) is 1.66. The Labute approximate surface area is 203 Å². The number of hydrogen-bond donors (Lipinski definition) is 1. The summed E-state index contributed by atoms with van der Waals surface area (Å²) < 4.78 is 12.9. The predicted molar refractivity (Wildman–Crippen MR) is 132 cm³/mol. The standard InChI is InChI=1S/C26H30N6O3/c1-18-5-3-6-20-13-21(26(33)27-25(18)20)15-31(14-19-8-10-22(34-2)11-9-19)17-24-28-29-30-32(24)16-23-7-4-12-35-23/h3,5-6,8-11,13,23H,4,7,12,14-17H2,1-2H3,(H,27,33)/t23-/m1/s1. The lowest BCUT2D eigenvalue weighted by Gasteiger charge is -2.22. The van der Waals surface area contributed by atoms with Gasteiger partial charge in [-0.3, -0.25) is 9.69 Å². The Morgan fingerprint density at radius 1 is 1.17 bits per heavy atom. The highest BCUT2D eigenvalue weighted by molar-refractivity contribution is 5.81. The number of aryl methyl sites for hydroxylation is 1. The number of para-hydroxylation sites is 1. The summed E-state index contributed by atoms with van der Waals surface area (Å²) in [5.41, 5.74) is 3.66. The molecule has 1 fully saturated rings. The van der Waals surface area contributed by atoms with Crippen molar-refractivity contribution >= 4 is 10.9 Å². The normalized spacial score (nSPS) is 15.8. The minimum Gasteiger partial charge on any atom is -0.497 e. The highest BCUT2D eigenvalue weighted by Crippen LogP contribution is 2.19. The van der Waals surface area contributed by atoms with Crippen LogP contribution in [0.15, 0.2) is 53.3 Å². The topological polar surface area (TPSA) is 98.2 Å². The van der Waals surface area contributed by atoms with Crippen molar-refractivity contribution in [2.45, 2.75) is 52.0 Å². The Morgan fingerprint density at radius 2 is 2.03 bits per heavy atom. The maximum Gasteiger partial charge on any atom is 0.252 e. The molecule has 0 unspecified atom stereocenters. The molecule has 0 amide bonds. The Morgan fingerprint density at radius 3 is 2.80 bits per heavy atom. The third-order valence-corrected chi connectivity index (χ3v) is 6.50. The van der Waals surface area contributed by atoms with Crippen molar-refractivity contribution in [2.24, 2.45) is 0 Å². The van der Waals surface area contributed by atoms with Crippen LogP contribution in [0, 0.1) is 6.92 Å². The molecule has 5 rings (SSSR count). The first-order valence-electron chi connectivity index (χ1n) is 11.9. The number of methoxy groups -OCH3 is 1. The van der Waals surface area contributed by atoms with Gasteiger partial charge in [-0.1, -0.05) is 30.3 Å². The van der Waals surface area contributed by atoms with Crippen molar-refractivity contribution in [1.29, 1.82) is 0 Å². The van der Waals surface area contributed by atoms with Crippen molar-refractivity contribution < 1.29 is 9.47 Å². The molecule has 1 saturated heterocycles. The first-order chi connectivity index (χ1) is 17.1. The van der Waals surface area contributed by atoms with E-state index in [0.717, 1.165) is 53.1 Å². The number of pyridine rings is 1. The van der Waals surface area contributed by atoms with Crippen LogP contribution in [0.1, 0.15) is 35.4 Å². The number of aromatic amines is 1. The SMILES string of the molecule is COc1ccc(CN(Cc2cc3cccc(C)c3[nH]c2=O)Cc2nnnn2C[C@H]2CCCO2)cc1. The summed E-state index contributed by atoms with van der Waals surface area (Å²) in [5.74, 6) is 1.56. The molecule has 1 atom stereocenters. The molecule has 0 spiro atoms. The van der Waals surface area contributed by atoms with Gasteiger partial charge in [0, 0.05) is 25.3 Å². The molecular weight excluding hydrogens is 444 g/mol. The summed E-state index contributed by atoms with van der Waals surface area (Å²) >= 11 is 0. The van der Waals surface area contributed by atoms with Crippen molar-refractivity contribution in [3.63, 3.8) is 0 Å². The summed E-state index contributed by atoms with van der Waals surface area (Å²) in [6.45, 7) is 5.00. The van der Waals surface area contributed by atoms with E-state index in [1.165, 1.54) is 0 Å². The lowest BCUT2D eigenvalue weighted by Crippen LogP contribution is -2.29. The van der Waals surface area contributed by atoms with Gasteiger partial charge >= 0.3 is 0 Å². The zero-order valence-electron chi connectivity index (χ0n) is 20.1. The highest BCUT2D eigenvalue weighted by atomic mass is 16.5. The fourth-order valence-electron chi connectivity index (χ4n) is 4.60. The van der Waals surface area contributed by atoms with Gasteiger partial charge in [-0.2, -0.15) is 0 Å². The first-order valence-corrected chi connectivity index (χ1v) is 11.9. The lowest BCUT2D eigenvalue weighted by molar-refractivity contribution is 0.0914. The zero-order chi connectivity index (χ0) is 24.2. The second-order valence-electron chi connectivity index (χ2n) is 9.07. The number of hydrogen-bond acceptors (Lipinski definition) is 7. The number of rotatable bonds is 9. The largest absolute Gasteiger partial charge is 0.497 e. The van der Waals surface area contributed by atoms with Crippen LogP contribution >= 0.6 is 0 Å². The van der Waals surface area contributed by atoms with E-state index in [-0.39, 0.29) is 11.7 Å². The number of nitrogens with one attached hydrogen (secondary N) is 1. The van der Waals surface area contributed by atoms with Crippen LogP contribution < -0.4 is 10.3 Å². The van der Waals surface area contributed by atoms with Crippen LogP contribution in [0.25, 0.3) is 10.9 Å². The third-order valence-electron chi connectivity index (χ3n) is 6.50. The number of aromatic nitrogens is 5. The van der Waals surface area contributed by atoms with E-state index in [0.29, 0.717) is 31.7 Å². The predicted octanol–water partition coefficient (Wildman–Crippen LogP) is 3.21. The van der Waals surface area contributed by atoms with Gasteiger partial charge in [0.05, 0.1) is 31.8 Å². The molecule has 0 saturated carbocycles. The van der Waals surface area contributed by atoms with Crippen molar-refractivity contribution in [2.75, 3.05) is 13.7 Å². The minimum atomic E-state index is -0.0783. The van der Waals surface area contributed by atoms with Gasteiger partial charge in [0.15, 0.2) is 5.82 Å². The summed E-state index contributed by atoms with van der Waals surface area (Å²) in [5, 5.41) is 13.4. The fourth-order valence-corrected chi connectivity index (χ4v) is 4.60. The molecule has 0 radical (unpaired) electrons. The zero-order valence-corrected chi connectivity index (χ0v) is 20.1. The van der Waals surface area contributed by atoms with Crippen LogP contribution in [0.2, 0.25) is 0 Å². The molecule has 4 aromatic rings. The number of tetrazole rings is 1. The van der Waals surface area contributed by atoms with E-state index in [1.54, 1.807) is 7.11 Å². The molecule has 1 aliphatic heterocycles. The summed E-state index contributed by atoms with van der Waals surface area (Å²) in [4.78, 5) is 18.3. The molecule has 2 aromatic heterocycles. The summed E-state index contributed by atoms with van der Waals surface area (Å²) in [6.07, 6.45) is 2.22. The van der Waals surface area contributed by atoms with Crippen LogP contribution in [-0.2, 0) is 30.9 Å². The van der Waals surface area contributed by atoms with Gasteiger partial charge in [0.1, 0.15) is 5.75 Å². The van der Waals surface area contributed by atoms with Crippen LogP contribution in [0.5, 0.6) is 5.75 Å². The molecule has 9 nitrogen and oxygen atoms in total. The van der Waals surface area contributed by atoms with Gasteiger partial charge in [0.25, 0.3) is 5.56 Å². The number of fused-ring (bicyclic) bond motifs is 1. The quantitative estimate of drug-likeness (QED) is 0.398. The van der Waals surface area contributed by atoms with Gasteiger partial charge in [-0.05, 0) is 64.9 Å². The van der Waals surface area contributed by atoms with Crippen LogP contribution in [0.4, 0.5) is 0 Å². The molecule has 182 valence electrons. The Bertz CT molecular complexity index is 1340. The van der Waals surface area contributed by atoms with Gasteiger partial charge in [0.2, 0.25) is 0 Å². The maximum atomic E-state index is 13.0. The van der Waals surface area contributed by atoms with E-state index >= 15 is 0 Å². The highest BCUT2D eigenvalue weighted by Gasteiger charge is 2.21. The molecule has 1 aliphatic rings. The third kappa shape index (κ3) is 5.41. The summed E-state index contributed by atoms with van der Waals surface area (Å²) in [6, 6.07) is 16.0. The number of nitrogens with zero attached hydrogens (tertiary/aromatic N) is 5. The molecule has 3 heterocycles. The van der Waals surface area contributed by atoms with Crippen molar-refractivity contribution in [1.82, 2.24) is 30.1 Å². The maximum absolute atomic E-state index is 13.0. The molecule has 0 bridgehead atoms. The lowest BCUT2D eigenvalue weighted by atomic mass is 10.1. The number of benzene rings is 2. The Kier molecular flexibility index (Phi) is 6.87. The molecule has 2 aromatic carbocycles. The van der Waals surface area contributed by atoms with Crippen molar-refractivity contribution in [3.8, 4) is 5.75 Å². The van der Waals surface area contributed by atoms with Crippen molar-refractivity contribution in [3.05, 3.63) is 81.4 Å². The van der Waals surface area contributed by atoms with E-state index in [1.807, 2.05) is 60.1 Å². The fraction of sp³-hybridized carbons (Fsp3) is 0.385. The van der Waals surface area contributed by atoms with Gasteiger partial charge < -0.3 is 14.5 Å². The molecule has 1 N–H and O–H groups in total. The molecule has 9 heteroatoms. The van der Waals surface area contributed by atoms with E-state index in [2.05, 4.69) is 25.4 Å². The molecular formula is C26H30N6O3. The first kappa shape index (κ1) is 23.2. The minimum absolute atomic E-state index is 0.0783. The van der Waals surface area contributed by atoms with Gasteiger partial charge in [-0.15, -0.1) is 5.10 Å². The Hall–Kier alpha value is -3.56. The van der Waals surface area contributed by atoms with E-state index < -0.39 is 0 Å². The average Bonchev–Trinajstić information content (AvgIpc) is 3.53. The van der Waals surface area contributed by atoms with Crippen LogP contribution in [0.3, 0.4) is 0 Å². The molecule has 35 heavy (non-hydrogen) atoms. The second-order valence-corrected chi connectivity index (χ2v) is 9.07. The Balaban J connectivity index is 1.42. The number of H-pyrrole nitrogens is 1. The van der Waals surface area contributed by atoms with E-state index in [4.69, 9.17) is 9.47 Å². The molecule has 0 aliphatic carbocycles. The second kappa shape index (κ2) is 10.4. The monoisotopic (exact) mass is 474 g/mol. The number of ether oxygens (including phenoxy) is 2. The van der Waals surface area contributed by atoms with Crippen LogP contribution in [-0.4, -0.2) is 49.9 Å². The van der Waals surface area contributed by atoms with E-state index in [9.17, 15) is 4.79 Å².